The zero-order valence-corrected chi connectivity index (χ0v) is 25.3. The summed E-state index contributed by atoms with van der Waals surface area (Å²) in [6.45, 7) is 9.87. The van der Waals surface area contributed by atoms with Gasteiger partial charge in [-0.15, -0.1) is 0 Å². The van der Waals surface area contributed by atoms with Crippen LogP contribution in [-0.4, -0.2) is 79.8 Å². The van der Waals surface area contributed by atoms with E-state index in [2.05, 4.69) is 42.3 Å². The van der Waals surface area contributed by atoms with Crippen LogP contribution in [0.25, 0.3) is 0 Å². The normalized spacial score (nSPS) is 19.4. The molecule has 13 heteroatoms. The van der Waals surface area contributed by atoms with Gasteiger partial charge in [-0.05, 0) is 42.7 Å². The Kier molecular flexibility index (Phi) is 9.38. The number of anilines is 5. The molecule has 1 amide bonds. The van der Waals surface area contributed by atoms with Gasteiger partial charge in [-0.1, -0.05) is 6.58 Å². The van der Waals surface area contributed by atoms with E-state index in [1.807, 2.05) is 12.1 Å². The molecule has 3 saturated heterocycles. The molecule has 0 saturated carbocycles. The van der Waals surface area contributed by atoms with Crippen LogP contribution >= 0.6 is 0 Å². The molecular formula is C32H38F2N8O3. The van der Waals surface area contributed by atoms with Gasteiger partial charge in [-0.2, -0.15) is 0 Å². The minimum absolute atomic E-state index is 0.321. The standard InChI is InChI=1S/C32H38F2N8O3/c1-3-32(43)39-25-17-26(29(44-2)18-28(25)41-9-4-24(5-10-41)40-11-7-35-8-12-40)38-30-19-31(37-20-36-30)42-27(6-13-45-42)21-14-22(33)16-23(34)15-21/h3,14-20,24,27,35H,1,4-13H2,2H3,(H,39,43)(H,36,37,38)/t27-/m1/s1. The Hall–Kier alpha value is -4.33. The van der Waals surface area contributed by atoms with E-state index in [9.17, 15) is 13.6 Å². The van der Waals surface area contributed by atoms with Crippen LogP contribution in [-0.2, 0) is 9.63 Å². The number of aromatic nitrogens is 2. The van der Waals surface area contributed by atoms with Gasteiger partial charge in [0, 0.05) is 69.9 Å². The first kappa shape index (κ1) is 30.7. The van der Waals surface area contributed by atoms with Crippen molar-refractivity contribution >= 4 is 34.6 Å². The minimum Gasteiger partial charge on any atom is -0.494 e. The Morgan fingerprint density at radius 3 is 2.49 bits per heavy atom. The molecular weight excluding hydrogens is 582 g/mol. The molecule has 238 valence electrons. The second kappa shape index (κ2) is 13.8. The van der Waals surface area contributed by atoms with Gasteiger partial charge in [-0.3, -0.25) is 14.5 Å². The van der Waals surface area contributed by atoms with Crippen LogP contribution < -0.4 is 30.7 Å². The molecule has 0 aliphatic carbocycles. The van der Waals surface area contributed by atoms with Crippen LogP contribution in [0.4, 0.5) is 37.5 Å². The third kappa shape index (κ3) is 7.00. The summed E-state index contributed by atoms with van der Waals surface area (Å²) in [7, 11) is 1.59. The predicted octanol–water partition coefficient (Wildman–Crippen LogP) is 4.39. The fourth-order valence-electron chi connectivity index (χ4n) is 6.34. The molecule has 3 aliphatic rings. The van der Waals surface area contributed by atoms with E-state index in [1.54, 1.807) is 18.2 Å². The zero-order chi connectivity index (χ0) is 31.3. The van der Waals surface area contributed by atoms with Crippen LogP contribution in [0.3, 0.4) is 0 Å². The topological polar surface area (TPSA) is 107 Å². The molecule has 3 fully saturated rings. The van der Waals surface area contributed by atoms with E-state index >= 15 is 0 Å². The number of piperidine rings is 1. The van der Waals surface area contributed by atoms with Gasteiger partial charge in [0.05, 0.1) is 36.8 Å². The van der Waals surface area contributed by atoms with Gasteiger partial charge >= 0.3 is 0 Å². The molecule has 3 N–H and O–H groups in total. The van der Waals surface area contributed by atoms with Crippen LogP contribution in [0.2, 0.25) is 0 Å². The molecule has 11 nitrogen and oxygen atoms in total. The highest BCUT2D eigenvalue weighted by molar-refractivity contribution is 6.02. The Balaban J connectivity index is 1.24. The van der Waals surface area contributed by atoms with E-state index in [-0.39, 0.29) is 5.91 Å². The lowest BCUT2D eigenvalue weighted by Gasteiger charge is -2.41. The number of ether oxygens (including phenoxy) is 1. The number of amides is 1. The summed E-state index contributed by atoms with van der Waals surface area (Å²) >= 11 is 0. The minimum atomic E-state index is -0.652. The van der Waals surface area contributed by atoms with Crippen LogP contribution in [0.15, 0.2) is 55.4 Å². The molecule has 0 radical (unpaired) electrons. The van der Waals surface area contributed by atoms with E-state index in [1.165, 1.54) is 24.5 Å². The molecule has 45 heavy (non-hydrogen) atoms. The van der Waals surface area contributed by atoms with Gasteiger partial charge in [0.2, 0.25) is 5.91 Å². The lowest BCUT2D eigenvalue weighted by Crippen LogP contribution is -2.52. The summed E-state index contributed by atoms with van der Waals surface area (Å²) in [4.78, 5) is 31.9. The fraction of sp³-hybridized carbons (Fsp3) is 0.406. The highest BCUT2D eigenvalue weighted by Crippen LogP contribution is 2.40. The van der Waals surface area contributed by atoms with Crippen molar-refractivity contribution in [3.63, 3.8) is 0 Å². The van der Waals surface area contributed by atoms with Crippen molar-refractivity contribution in [1.82, 2.24) is 20.2 Å². The summed E-state index contributed by atoms with van der Waals surface area (Å²) < 4.78 is 33.8. The number of hydroxylamine groups is 1. The third-order valence-corrected chi connectivity index (χ3v) is 8.55. The summed E-state index contributed by atoms with van der Waals surface area (Å²) in [5, 5.41) is 11.2. The monoisotopic (exact) mass is 620 g/mol. The number of benzene rings is 2. The van der Waals surface area contributed by atoms with Gasteiger partial charge in [-0.25, -0.2) is 23.8 Å². The third-order valence-electron chi connectivity index (χ3n) is 8.55. The number of hydrogen-bond donors (Lipinski definition) is 3. The number of carbonyl (C=O) groups is 1. The van der Waals surface area contributed by atoms with E-state index < -0.39 is 17.7 Å². The summed E-state index contributed by atoms with van der Waals surface area (Å²) in [5.74, 6) is -0.206. The van der Waals surface area contributed by atoms with Gasteiger partial charge in [0.15, 0.2) is 5.82 Å². The number of carbonyl (C=O) groups excluding carboxylic acids is 1. The number of nitrogens with zero attached hydrogens (tertiary/aromatic N) is 5. The molecule has 4 heterocycles. The molecule has 3 aromatic rings. The van der Waals surface area contributed by atoms with Crippen LogP contribution in [0.1, 0.15) is 30.9 Å². The average molecular weight is 621 g/mol. The largest absolute Gasteiger partial charge is 0.494 e. The quantitative estimate of drug-likeness (QED) is 0.298. The van der Waals surface area contributed by atoms with E-state index in [0.717, 1.165) is 63.9 Å². The second-order valence-electron chi connectivity index (χ2n) is 11.3. The number of halogens is 2. The molecule has 0 bridgehead atoms. The molecule has 0 spiro atoms. The smallest absolute Gasteiger partial charge is 0.247 e. The first-order chi connectivity index (χ1) is 21.9. The zero-order valence-electron chi connectivity index (χ0n) is 25.3. The maximum absolute atomic E-state index is 14.0. The summed E-state index contributed by atoms with van der Waals surface area (Å²) in [6.07, 6.45) is 5.22. The van der Waals surface area contributed by atoms with Crippen LogP contribution in [0, 0.1) is 11.6 Å². The number of nitrogens with one attached hydrogen (secondary N) is 3. The van der Waals surface area contributed by atoms with Gasteiger partial charge < -0.3 is 25.6 Å². The predicted molar refractivity (Wildman–Crippen MR) is 169 cm³/mol. The van der Waals surface area contributed by atoms with Crippen molar-refractivity contribution in [3.05, 3.63) is 72.6 Å². The van der Waals surface area contributed by atoms with Crippen molar-refractivity contribution in [2.24, 2.45) is 0 Å². The Morgan fingerprint density at radius 2 is 1.78 bits per heavy atom. The number of hydrogen-bond acceptors (Lipinski definition) is 10. The van der Waals surface area contributed by atoms with E-state index in [0.29, 0.717) is 53.4 Å². The van der Waals surface area contributed by atoms with Crippen molar-refractivity contribution in [2.75, 3.05) is 73.6 Å². The lowest BCUT2D eigenvalue weighted by molar-refractivity contribution is -0.111. The Labute approximate surface area is 261 Å². The second-order valence-corrected chi connectivity index (χ2v) is 11.3. The number of rotatable bonds is 9. The number of piperazine rings is 1. The molecule has 1 atom stereocenters. The van der Waals surface area contributed by atoms with Crippen LogP contribution in [0.5, 0.6) is 5.75 Å². The molecule has 1 aromatic heterocycles. The summed E-state index contributed by atoms with van der Waals surface area (Å²) in [5.41, 5.74) is 2.52. The lowest BCUT2D eigenvalue weighted by atomic mass is 10.0. The maximum Gasteiger partial charge on any atom is 0.247 e. The summed E-state index contributed by atoms with van der Waals surface area (Å²) in [6, 6.07) is 8.99. The molecule has 6 rings (SSSR count). The first-order valence-electron chi connectivity index (χ1n) is 15.2. The Morgan fingerprint density at radius 1 is 1.02 bits per heavy atom. The highest BCUT2D eigenvalue weighted by Gasteiger charge is 2.31. The molecule has 2 aromatic carbocycles. The average Bonchev–Trinajstić information content (AvgIpc) is 3.56. The molecule has 0 unspecified atom stereocenters. The van der Waals surface area contributed by atoms with Crippen molar-refractivity contribution in [1.29, 1.82) is 0 Å². The van der Waals surface area contributed by atoms with Crippen molar-refractivity contribution in [2.45, 2.75) is 31.3 Å². The highest BCUT2D eigenvalue weighted by atomic mass is 19.1. The first-order valence-corrected chi connectivity index (χ1v) is 15.2. The number of methoxy groups -OCH3 is 1. The van der Waals surface area contributed by atoms with Gasteiger partial charge in [0.1, 0.15) is 29.5 Å². The fourth-order valence-corrected chi connectivity index (χ4v) is 6.34. The maximum atomic E-state index is 14.0. The Bertz CT molecular complexity index is 1510. The van der Waals surface area contributed by atoms with E-state index in [4.69, 9.17) is 9.57 Å². The van der Waals surface area contributed by atoms with Crippen molar-refractivity contribution in [3.8, 4) is 5.75 Å². The van der Waals surface area contributed by atoms with Gasteiger partial charge in [0.25, 0.3) is 0 Å². The molecule has 3 aliphatic heterocycles. The SMILES string of the molecule is C=CC(=O)Nc1cc(Nc2cc(N3OCC[C@@H]3c3cc(F)cc(F)c3)ncn2)c(OC)cc1N1CCC(N2CCNCC2)CC1. The van der Waals surface area contributed by atoms with Crippen molar-refractivity contribution < 1.29 is 23.1 Å².